The van der Waals surface area contributed by atoms with Crippen LogP contribution in [0.15, 0.2) is 24.3 Å². The molecule has 0 bridgehead atoms. The molecule has 0 heterocycles. The molecule has 0 saturated heterocycles. The Morgan fingerprint density at radius 2 is 0.500 bits per heavy atom. The lowest BCUT2D eigenvalue weighted by Crippen LogP contribution is -2.30. The predicted octanol–water partition coefficient (Wildman–Crippen LogP) is 22.6. The summed E-state index contributed by atoms with van der Waals surface area (Å²) in [5.41, 5.74) is 0. The highest BCUT2D eigenvalue weighted by Crippen LogP contribution is 2.45. The maximum absolute atomic E-state index is 13.1. The van der Waals surface area contributed by atoms with Crippen molar-refractivity contribution in [1.82, 2.24) is 0 Å². The van der Waals surface area contributed by atoms with Gasteiger partial charge in [-0.25, -0.2) is 9.13 Å². The molecule has 19 heteroatoms. The van der Waals surface area contributed by atoms with E-state index in [1.54, 1.807) is 0 Å². The minimum Gasteiger partial charge on any atom is -0.462 e. The van der Waals surface area contributed by atoms with Crippen LogP contribution in [0.2, 0.25) is 0 Å². The Bertz CT molecular complexity index is 1920. The molecule has 0 aromatic heterocycles. The van der Waals surface area contributed by atoms with Gasteiger partial charge in [-0.1, -0.05) is 335 Å². The van der Waals surface area contributed by atoms with Crippen molar-refractivity contribution in [3.63, 3.8) is 0 Å². The number of unbranched alkanes of at least 4 members (excludes halogenated alkanes) is 47. The van der Waals surface area contributed by atoms with Gasteiger partial charge in [0.25, 0.3) is 0 Å². The summed E-state index contributed by atoms with van der Waals surface area (Å²) in [5.74, 6) is -2.14. The molecule has 3 N–H and O–H groups in total. The second kappa shape index (κ2) is 71.0. The van der Waals surface area contributed by atoms with Crippen molar-refractivity contribution >= 4 is 39.5 Å². The first-order valence-corrected chi connectivity index (χ1v) is 42.6. The molecule has 96 heavy (non-hydrogen) atoms. The van der Waals surface area contributed by atoms with Crippen LogP contribution in [0.25, 0.3) is 0 Å². The number of allylic oxidation sites excluding steroid dienone is 4. The zero-order chi connectivity index (χ0) is 70.4. The van der Waals surface area contributed by atoms with Crippen LogP contribution in [-0.2, 0) is 65.4 Å². The van der Waals surface area contributed by atoms with Crippen LogP contribution in [0.3, 0.4) is 0 Å². The molecule has 0 aliphatic rings. The number of esters is 4. The maximum atomic E-state index is 13.1. The van der Waals surface area contributed by atoms with Gasteiger partial charge in [0.15, 0.2) is 12.2 Å². The summed E-state index contributed by atoms with van der Waals surface area (Å²) in [4.78, 5) is 72.8. The lowest BCUT2D eigenvalue weighted by atomic mass is 10.0. The topological polar surface area (TPSA) is 237 Å². The number of aliphatic hydroxyl groups is 1. The second-order valence-electron chi connectivity index (χ2n) is 27.1. The fourth-order valence-corrected chi connectivity index (χ4v) is 13.0. The summed E-state index contributed by atoms with van der Waals surface area (Å²) < 4.78 is 68.5. The van der Waals surface area contributed by atoms with E-state index in [0.29, 0.717) is 25.7 Å². The van der Waals surface area contributed by atoms with Gasteiger partial charge in [0, 0.05) is 25.7 Å². The summed E-state index contributed by atoms with van der Waals surface area (Å²) in [6.07, 6.45) is 64.5. The smallest absolute Gasteiger partial charge is 0.462 e. The van der Waals surface area contributed by atoms with Crippen LogP contribution >= 0.6 is 15.6 Å². The second-order valence-corrected chi connectivity index (χ2v) is 30.0. The fraction of sp³-hybridized carbons (Fsp3) is 0.896. The van der Waals surface area contributed by atoms with Gasteiger partial charge < -0.3 is 33.8 Å². The van der Waals surface area contributed by atoms with Crippen molar-refractivity contribution in [3.8, 4) is 0 Å². The van der Waals surface area contributed by atoms with Crippen molar-refractivity contribution in [1.29, 1.82) is 0 Å². The van der Waals surface area contributed by atoms with E-state index >= 15 is 0 Å². The highest BCUT2D eigenvalue weighted by atomic mass is 31.2. The van der Waals surface area contributed by atoms with E-state index in [2.05, 4.69) is 52.0 Å². The van der Waals surface area contributed by atoms with Crippen LogP contribution in [0.1, 0.15) is 387 Å². The van der Waals surface area contributed by atoms with Gasteiger partial charge in [-0.2, -0.15) is 0 Å². The minimum absolute atomic E-state index is 0.102. The molecule has 2 unspecified atom stereocenters. The zero-order valence-corrected chi connectivity index (χ0v) is 63.6. The third-order valence-corrected chi connectivity index (χ3v) is 19.4. The van der Waals surface area contributed by atoms with E-state index in [4.69, 9.17) is 37.0 Å². The highest BCUT2D eigenvalue weighted by Gasteiger charge is 2.30. The summed E-state index contributed by atoms with van der Waals surface area (Å²) in [6.45, 7) is 4.93. The van der Waals surface area contributed by atoms with Crippen molar-refractivity contribution in [2.24, 2.45) is 0 Å². The van der Waals surface area contributed by atoms with Gasteiger partial charge in [-0.15, -0.1) is 0 Å². The van der Waals surface area contributed by atoms with Crippen LogP contribution in [-0.4, -0.2) is 96.7 Å². The predicted molar refractivity (Wildman–Crippen MR) is 391 cm³/mol. The quantitative estimate of drug-likeness (QED) is 0.0169. The summed E-state index contributed by atoms with van der Waals surface area (Å²) in [7, 11) is -9.92. The van der Waals surface area contributed by atoms with Crippen molar-refractivity contribution < 1.29 is 80.2 Å². The van der Waals surface area contributed by atoms with Crippen LogP contribution < -0.4 is 0 Å². The van der Waals surface area contributed by atoms with E-state index in [0.717, 1.165) is 109 Å². The first kappa shape index (κ1) is 93.5. The molecule has 0 aliphatic heterocycles. The molecule has 0 aromatic rings. The Hall–Kier alpha value is -2.46. The van der Waals surface area contributed by atoms with Crippen LogP contribution in [0, 0.1) is 0 Å². The average molecular weight is 1410 g/mol. The van der Waals surface area contributed by atoms with Crippen molar-refractivity contribution in [3.05, 3.63) is 24.3 Å². The Kier molecular flexibility index (Phi) is 69.1. The van der Waals surface area contributed by atoms with Gasteiger partial charge >= 0.3 is 39.5 Å². The minimum atomic E-state index is -4.96. The number of phosphoric ester groups is 2. The number of aliphatic hydroxyl groups excluding tert-OH is 1. The molecule has 0 radical (unpaired) electrons. The number of carbonyl (C=O) groups is 4. The van der Waals surface area contributed by atoms with Gasteiger partial charge in [0.2, 0.25) is 0 Å². The average Bonchev–Trinajstić information content (AvgIpc) is 1.36. The first-order valence-electron chi connectivity index (χ1n) is 39.6. The SMILES string of the molecule is CCCCCC/C=C\C=C/CCCCCCCC(=O)OC[C@H](COP(=O)(O)OC[C@@H](O)COP(=O)(O)OC[C@@H](COC(=O)CCCCCCCCCCCC)OC(=O)CCCCCCCCCCCCCCC)OC(=O)CCCCCCCCCCCCCCCCCCCC. The summed E-state index contributed by atoms with van der Waals surface area (Å²) in [5, 5.41) is 10.6. The molecule has 17 nitrogen and oxygen atoms in total. The monoisotopic (exact) mass is 1410 g/mol. The number of rotatable bonds is 76. The van der Waals surface area contributed by atoms with E-state index < -0.39 is 97.5 Å². The Balaban J connectivity index is 5.27. The maximum Gasteiger partial charge on any atom is 0.472 e. The Labute approximate surface area is 586 Å². The lowest BCUT2D eigenvalue weighted by molar-refractivity contribution is -0.161. The van der Waals surface area contributed by atoms with E-state index in [9.17, 15) is 43.2 Å². The fourth-order valence-electron chi connectivity index (χ4n) is 11.4. The number of phosphoric acid groups is 2. The van der Waals surface area contributed by atoms with Gasteiger partial charge in [-0.05, 0) is 51.4 Å². The summed E-state index contributed by atoms with van der Waals surface area (Å²) >= 11 is 0. The Morgan fingerprint density at radius 3 is 0.760 bits per heavy atom. The molecule has 0 saturated carbocycles. The molecule has 0 rings (SSSR count). The number of hydrogen-bond donors (Lipinski definition) is 3. The molecular weight excluding hydrogens is 1260 g/mol. The molecule has 0 amide bonds. The lowest BCUT2D eigenvalue weighted by Gasteiger charge is -2.21. The van der Waals surface area contributed by atoms with E-state index in [1.807, 2.05) is 0 Å². The molecule has 0 aromatic carbocycles. The third kappa shape index (κ3) is 70.0. The van der Waals surface area contributed by atoms with Crippen molar-refractivity contribution in [2.45, 2.75) is 406 Å². The van der Waals surface area contributed by atoms with E-state index in [-0.39, 0.29) is 25.7 Å². The highest BCUT2D eigenvalue weighted by molar-refractivity contribution is 7.47. The molecule has 566 valence electrons. The van der Waals surface area contributed by atoms with Gasteiger partial charge in [0.1, 0.15) is 19.3 Å². The number of ether oxygens (including phenoxy) is 4. The normalized spacial score (nSPS) is 14.0. The Morgan fingerprint density at radius 1 is 0.292 bits per heavy atom. The largest absolute Gasteiger partial charge is 0.472 e. The third-order valence-electron chi connectivity index (χ3n) is 17.5. The van der Waals surface area contributed by atoms with E-state index in [1.165, 1.54) is 199 Å². The number of hydrogen-bond acceptors (Lipinski definition) is 15. The molecule has 0 spiro atoms. The molecule has 0 fully saturated rings. The standard InChI is InChI=1S/C77H146O17P2/c1-5-9-13-17-21-25-29-32-34-35-36-38-41-44-48-52-56-60-64-77(82)94-73(68-88-75(80)62-58-54-50-46-42-40-37-33-30-26-22-18-14-10-6-2)70-92-96(85,86)90-66-71(78)65-89-95(83,84)91-69-72(67-87-74(79)61-57-53-49-45-28-24-20-16-12-8-4)93-76(81)63-59-55-51-47-43-39-31-27-23-19-15-11-7-3/h26,30,33,37,71-73,78H,5-25,27-29,31-32,34-36,38-70H2,1-4H3,(H,83,84)(H,85,86)/b30-26-,37-33-/t71-,72+,73+/m0/s1. The molecule has 0 aliphatic carbocycles. The van der Waals surface area contributed by atoms with Crippen LogP contribution in [0.5, 0.6) is 0 Å². The van der Waals surface area contributed by atoms with Crippen LogP contribution in [0.4, 0.5) is 0 Å². The molecule has 5 atom stereocenters. The zero-order valence-electron chi connectivity index (χ0n) is 61.8. The molecular formula is C77H146O17P2. The summed E-state index contributed by atoms with van der Waals surface area (Å²) in [6, 6.07) is 0. The van der Waals surface area contributed by atoms with Gasteiger partial charge in [0.05, 0.1) is 26.4 Å². The van der Waals surface area contributed by atoms with Crippen molar-refractivity contribution in [2.75, 3.05) is 39.6 Å². The number of carbonyl (C=O) groups excluding carboxylic acids is 4. The van der Waals surface area contributed by atoms with Gasteiger partial charge in [-0.3, -0.25) is 37.3 Å². The first-order chi connectivity index (χ1) is 46.7.